The number of hydrogen-bond donors (Lipinski definition) is 2. The van der Waals surface area contributed by atoms with Gasteiger partial charge in [-0.3, -0.25) is 9.69 Å². The topological polar surface area (TPSA) is 61.4 Å². The van der Waals surface area contributed by atoms with Gasteiger partial charge in [0.2, 0.25) is 0 Å². The fraction of sp³-hybridized carbons (Fsp3) is 0.333. The maximum Gasteiger partial charge on any atom is 0.150 e. The second-order valence-corrected chi connectivity index (χ2v) is 6.90. The van der Waals surface area contributed by atoms with Gasteiger partial charge in [-0.1, -0.05) is 36.4 Å². The van der Waals surface area contributed by atoms with Crippen LogP contribution in [-0.2, 0) is 17.9 Å². The highest BCUT2D eigenvalue weighted by Crippen LogP contribution is 2.23. The van der Waals surface area contributed by atoms with Crippen LogP contribution in [-0.4, -0.2) is 44.7 Å². The predicted octanol–water partition coefficient (Wildman–Crippen LogP) is 4.05. The molecule has 0 aliphatic heterocycles. The molecule has 2 aromatic carbocycles. The van der Waals surface area contributed by atoms with Crippen molar-refractivity contribution in [1.29, 1.82) is 0 Å². The Bertz CT molecular complexity index is 811. The molecule has 30 heavy (non-hydrogen) atoms. The van der Waals surface area contributed by atoms with Crippen LogP contribution in [0.2, 0.25) is 0 Å². The van der Waals surface area contributed by atoms with Crippen LogP contribution >= 0.6 is 0 Å². The van der Waals surface area contributed by atoms with Crippen molar-refractivity contribution >= 4 is 18.3 Å². The van der Waals surface area contributed by atoms with Gasteiger partial charge >= 0.3 is 0 Å². The summed E-state index contributed by atoms with van der Waals surface area (Å²) in [6.07, 6.45) is 4.65. The molecular weight excluding hydrogens is 381 g/mol. The van der Waals surface area contributed by atoms with Crippen LogP contribution in [0.4, 0.5) is 10.1 Å². The number of nitrogens with one attached hydrogen (secondary N) is 2. The molecule has 0 saturated carbocycles. The average Bonchev–Trinajstić information content (AvgIpc) is 2.75. The summed E-state index contributed by atoms with van der Waals surface area (Å²) in [7, 11) is 5.68. The number of carbonyl (C=O) groups is 2. The molecule has 0 aliphatic carbocycles. The van der Waals surface area contributed by atoms with E-state index in [0.717, 1.165) is 23.8 Å². The Hall–Kier alpha value is -2.83. The third-order valence-electron chi connectivity index (χ3n) is 4.59. The van der Waals surface area contributed by atoms with Gasteiger partial charge in [0, 0.05) is 42.4 Å². The van der Waals surface area contributed by atoms with Gasteiger partial charge < -0.3 is 15.4 Å². The van der Waals surface area contributed by atoms with E-state index < -0.39 is 0 Å². The van der Waals surface area contributed by atoms with Gasteiger partial charge in [-0.05, 0) is 45.3 Å². The van der Waals surface area contributed by atoms with E-state index in [1.165, 1.54) is 6.07 Å². The van der Waals surface area contributed by atoms with E-state index in [4.69, 9.17) is 0 Å². The minimum absolute atomic E-state index is 0.0225. The van der Waals surface area contributed by atoms with Crippen molar-refractivity contribution in [2.24, 2.45) is 0 Å². The normalized spacial score (nSPS) is 11.2. The highest BCUT2D eigenvalue weighted by atomic mass is 19.1. The summed E-state index contributed by atoms with van der Waals surface area (Å²) in [6.45, 7) is 4.67. The van der Waals surface area contributed by atoms with Gasteiger partial charge in [-0.25, -0.2) is 4.39 Å². The summed E-state index contributed by atoms with van der Waals surface area (Å²) in [5, 5.41) is 5.99. The van der Waals surface area contributed by atoms with E-state index in [0.29, 0.717) is 37.1 Å². The first-order valence-electron chi connectivity index (χ1n) is 9.91. The molecule has 0 aromatic heterocycles. The molecule has 2 rings (SSSR count). The van der Waals surface area contributed by atoms with E-state index in [9.17, 15) is 14.0 Å². The number of halogens is 1. The molecular formula is C24H32FN3O2. The van der Waals surface area contributed by atoms with Crippen molar-refractivity contribution in [2.75, 3.05) is 26.5 Å². The maximum absolute atomic E-state index is 13.9. The van der Waals surface area contributed by atoms with Crippen LogP contribution in [0.1, 0.15) is 34.3 Å². The summed E-state index contributed by atoms with van der Waals surface area (Å²) in [5.74, 6) is -0.268. The highest BCUT2D eigenvalue weighted by molar-refractivity contribution is 5.80. The Kier molecular flexibility index (Phi) is 11.9. The molecule has 0 fully saturated rings. The van der Waals surface area contributed by atoms with Gasteiger partial charge in [0.15, 0.2) is 0 Å². The Balaban J connectivity index is 0.00000141. The van der Waals surface area contributed by atoms with Gasteiger partial charge in [0.1, 0.15) is 18.4 Å². The Labute approximate surface area is 179 Å². The summed E-state index contributed by atoms with van der Waals surface area (Å²) >= 11 is 0. The first kappa shape index (κ1) is 25.2. The Morgan fingerprint density at radius 2 is 1.83 bits per heavy atom. The van der Waals surface area contributed by atoms with Crippen LogP contribution in [0.3, 0.4) is 0 Å². The molecule has 6 heteroatoms. The molecule has 0 saturated heterocycles. The standard InChI is InChI=1S/C22H25FN2O2.C2H7N/c1-3-19(10-7-13-26)25(2)15-20-18(16-27)9-6-12-22(20)24-14-17-8-4-5-11-21(17)23;1-3-2/h3-6,8-9,11-13,16,19,24H,1,7,10,14-15H2,2H3;3H,1-2H3. The van der Waals surface area contributed by atoms with Crippen molar-refractivity contribution in [3.8, 4) is 0 Å². The average molecular weight is 414 g/mol. The fourth-order valence-electron chi connectivity index (χ4n) is 3.01. The van der Waals surface area contributed by atoms with E-state index in [1.807, 2.05) is 32.1 Å². The largest absolute Gasteiger partial charge is 0.381 e. The van der Waals surface area contributed by atoms with Crippen LogP contribution < -0.4 is 10.6 Å². The first-order valence-corrected chi connectivity index (χ1v) is 9.91. The molecule has 2 N–H and O–H groups in total. The van der Waals surface area contributed by atoms with Crippen LogP contribution in [0.15, 0.2) is 55.1 Å². The molecule has 0 spiro atoms. The number of hydrogen-bond acceptors (Lipinski definition) is 5. The van der Waals surface area contributed by atoms with Crippen molar-refractivity contribution in [1.82, 2.24) is 10.2 Å². The lowest BCUT2D eigenvalue weighted by Crippen LogP contribution is -2.30. The van der Waals surface area contributed by atoms with Crippen LogP contribution in [0.5, 0.6) is 0 Å². The predicted molar refractivity (Wildman–Crippen MR) is 121 cm³/mol. The molecule has 0 amide bonds. The highest BCUT2D eigenvalue weighted by Gasteiger charge is 2.16. The zero-order chi connectivity index (χ0) is 22.4. The van der Waals surface area contributed by atoms with E-state index >= 15 is 0 Å². The van der Waals surface area contributed by atoms with E-state index in [1.54, 1.807) is 36.4 Å². The number of likely N-dealkylation sites (N-methyl/N-ethyl adjacent to an activating group) is 1. The second kappa shape index (κ2) is 14.2. The van der Waals surface area contributed by atoms with E-state index in [2.05, 4.69) is 17.2 Å². The lowest BCUT2D eigenvalue weighted by molar-refractivity contribution is -0.108. The molecule has 0 heterocycles. The minimum Gasteiger partial charge on any atom is -0.381 e. The minimum atomic E-state index is -0.268. The monoisotopic (exact) mass is 413 g/mol. The quantitative estimate of drug-likeness (QED) is 0.430. The van der Waals surface area contributed by atoms with Gasteiger partial charge in [-0.2, -0.15) is 0 Å². The summed E-state index contributed by atoms with van der Waals surface area (Å²) < 4.78 is 13.9. The number of rotatable bonds is 11. The van der Waals surface area contributed by atoms with Gasteiger partial charge in [-0.15, -0.1) is 6.58 Å². The number of carbonyl (C=O) groups excluding carboxylic acids is 2. The molecule has 1 unspecified atom stereocenters. The SMILES string of the molecule is C=CC(CCC=O)N(C)Cc1c(C=O)cccc1NCc1ccccc1F.CNC. The number of aldehydes is 2. The number of nitrogens with zero attached hydrogens (tertiary/aromatic N) is 1. The molecule has 0 bridgehead atoms. The third kappa shape index (κ3) is 7.89. The Morgan fingerprint density at radius 3 is 2.43 bits per heavy atom. The molecule has 162 valence electrons. The van der Waals surface area contributed by atoms with E-state index in [-0.39, 0.29) is 11.9 Å². The van der Waals surface area contributed by atoms with Crippen LogP contribution in [0, 0.1) is 5.82 Å². The lowest BCUT2D eigenvalue weighted by Gasteiger charge is -2.27. The maximum atomic E-state index is 13.9. The second-order valence-electron chi connectivity index (χ2n) is 6.90. The number of benzene rings is 2. The van der Waals surface area contributed by atoms with Crippen molar-refractivity contribution < 1.29 is 14.0 Å². The fourth-order valence-corrected chi connectivity index (χ4v) is 3.01. The van der Waals surface area contributed by atoms with Crippen molar-refractivity contribution in [3.63, 3.8) is 0 Å². The smallest absolute Gasteiger partial charge is 0.150 e. The molecule has 0 radical (unpaired) electrons. The number of anilines is 1. The van der Waals surface area contributed by atoms with Crippen molar-refractivity contribution in [2.45, 2.75) is 32.0 Å². The van der Waals surface area contributed by atoms with Crippen LogP contribution in [0.25, 0.3) is 0 Å². The van der Waals surface area contributed by atoms with Gasteiger partial charge in [0.25, 0.3) is 0 Å². The molecule has 1 atom stereocenters. The summed E-state index contributed by atoms with van der Waals surface area (Å²) in [4.78, 5) is 24.2. The lowest BCUT2D eigenvalue weighted by atomic mass is 10.0. The summed E-state index contributed by atoms with van der Waals surface area (Å²) in [6, 6.07) is 12.1. The Morgan fingerprint density at radius 1 is 1.13 bits per heavy atom. The molecule has 0 aliphatic rings. The molecule has 2 aromatic rings. The third-order valence-corrected chi connectivity index (χ3v) is 4.59. The van der Waals surface area contributed by atoms with Gasteiger partial charge in [0.05, 0.1) is 0 Å². The summed E-state index contributed by atoms with van der Waals surface area (Å²) in [5.41, 5.74) is 2.76. The first-order chi connectivity index (χ1) is 14.5. The van der Waals surface area contributed by atoms with Crippen molar-refractivity contribution in [3.05, 3.63) is 77.6 Å². The zero-order valence-electron chi connectivity index (χ0n) is 18.0. The zero-order valence-corrected chi connectivity index (χ0v) is 18.0. The molecule has 5 nitrogen and oxygen atoms in total.